The number of rotatable bonds is 3. The van der Waals surface area contributed by atoms with Crippen LogP contribution in [0.15, 0.2) is 30.3 Å². The molecule has 1 atom stereocenters. The molecule has 1 unspecified atom stereocenters. The standard InChI is InChI=1S/C17H24N2O2/c18-13-17(7-10-21-11-8-17)16(20)19-9-6-15(12-19)14-4-2-1-3-5-14/h1-5,15H,6-13,18H2. The average Bonchev–Trinajstić information content (AvgIpc) is 3.05. The number of benzene rings is 1. The van der Waals surface area contributed by atoms with E-state index in [-0.39, 0.29) is 11.3 Å². The van der Waals surface area contributed by atoms with E-state index in [1.807, 2.05) is 11.0 Å². The number of carbonyl (C=O) groups excluding carboxylic acids is 1. The van der Waals surface area contributed by atoms with Gasteiger partial charge in [-0.3, -0.25) is 4.79 Å². The highest BCUT2D eigenvalue weighted by molar-refractivity contribution is 5.83. The maximum absolute atomic E-state index is 12.9. The van der Waals surface area contributed by atoms with E-state index in [2.05, 4.69) is 24.3 Å². The summed E-state index contributed by atoms with van der Waals surface area (Å²) < 4.78 is 5.40. The van der Waals surface area contributed by atoms with Gasteiger partial charge in [0.1, 0.15) is 0 Å². The molecule has 2 aliphatic heterocycles. The van der Waals surface area contributed by atoms with Crippen molar-refractivity contribution in [3.8, 4) is 0 Å². The molecule has 2 heterocycles. The molecule has 2 fully saturated rings. The zero-order valence-corrected chi connectivity index (χ0v) is 12.5. The minimum absolute atomic E-state index is 0.242. The Hall–Kier alpha value is -1.39. The van der Waals surface area contributed by atoms with Gasteiger partial charge in [-0.25, -0.2) is 0 Å². The molecule has 1 aromatic rings. The first-order valence-electron chi connectivity index (χ1n) is 7.87. The van der Waals surface area contributed by atoms with Gasteiger partial charge in [-0.2, -0.15) is 0 Å². The predicted molar refractivity (Wildman–Crippen MR) is 81.9 cm³/mol. The summed E-state index contributed by atoms with van der Waals surface area (Å²) in [5.74, 6) is 0.705. The number of likely N-dealkylation sites (tertiary alicyclic amines) is 1. The molecular weight excluding hydrogens is 264 g/mol. The van der Waals surface area contributed by atoms with Gasteiger partial charge in [0.2, 0.25) is 5.91 Å². The lowest BCUT2D eigenvalue weighted by Crippen LogP contribution is -2.50. The molecule has 114 valence electrons. The van der Waals surface area contributed by atoms with Crippen LogP contribution in [0.4, 0.5) is 0 Å². The van der Waals surface area contributed by atoms with Crippen LogP contribution in [-0.4, -0.2) is 43.7 Å². The number of amides is 1. The topological polar surface area (TPSA) is 55.6 Å². The van der Waals surface area contributed by atoms with Crippen molar-refractivity contribution in [3.05, 3.63) is 35.9 Å². The van der Waals surface area contributed by atoms with E-state index in [1.54, 1.807) is 0 Å². The summed E-state index contributed by atoms with van der Waals surface area (Å²) in [6.07, 6.45) is 2.57. The van der Waals surface area contributed by atoms with Crippen LogP contribution < -0.4 is 5.73 Å². The van der Waals surface area contributed by atoms with Crippen molar-refractivity contribution >= 4 is 5.91 Å². The largest absolute Gasteiger partial charge is 0.381 e. The van der Waals surface area contributed by atoms with Crippen molar-refractivity contribution < 1.29 is 9.53 Å². The molecule has 0 radical (unpaired) electrons. The number of nitrogens with two attached hydrogens (primary N) is 1. The first-order valence-corrected chi connectivity index (χ1v) is 7.87. The van der Waals surface area contributed by atoms with Gasteiger partial charge in [0.25, 0.3) is 0 Å². The average molecular weight is 288 g/mol. The lowest BCUT2D eigenvalue weighted by atomic mass is 9.79. The highest BCUT2D eigenvalue weighted by Crippen LogP contribution is 2.35. The van der Waals surface area contributed by atoms with Crippen molar-refractivity contribution in [2.75, 3.05) is 32.8 Å². The van der Waals surface area contributed by atoms with Crippen LogP contribution in [0.5, 0.6) is 0 Å². The van der Waals surface area contributed by atoms with E-state index in [0.29, 0.717) is 25.7 Å². The highest BCUT2D eigenvalue weighted by atomic mass is 16.5. The Morgan fingerprint density at radius 1 is 1.29 bits per heavy atom. The Balaban J connectivity index is 1.69. The molecule has 0 bridgehead atoms. The van der Waals surface area contributed by atoms with Crippen LogP contribution in [-0.2, 0) is 9.53 Å². The fourth-order valence-electron chi connectivity index (χ4n) is 3.54. The predicted octanol–water partition coefficient (Wildman–Crippen LogP) is 1.76. The fraction of sp³-hybridized carbons (Fsp3) is 0.588. The van der Waals surface area contributed by atoms with Crippen LogP contribution in [0.2, 0.25) is 0 Å². The summed E-state index contributed by atoms with van der Waals surface area (Å²) >= 11 is 0. The van der Waals surface area contributed by atoms with Gasteiger partial charge < -0.3 is 15.4 Å². The fourth-order valence-corrected chi connectivity index (χ4v) is 3.54. The van der Waals surface area contributed by atoms with E-state index < -0.39 is 0 Å². The van der Waals surface area contributed by atoms with E-state index in [1.165, 1.54) is 5.56 Å². The molecular formula is C17H24N2O2. The maximum atomic E-state index is 12.9. The normalized spacial score (nSPS) is 25.0. The van der Waals surface area contributed by atoms with Gasteiger partial charge in [0, 0.05) is 38.8 Å². The molecule has 0 aromatic heterocycles. The summed E-state index contributed by atoms with van der Waals surface area (Å²) in [6, 6.07) is 10.5. The van der Waals surface area contributed by atoms with Gasteiger partial charge in [-0.05, 0) is 24.8 Å². The van der Waals surface area contributed by atoms with Crippen LogP contribution >= 0.6 is 0 Å². The van der Waals surface area contributed by atoms with Crippen LogP contribution in [0.3, 0.4) is 0 Å². The van der Waals surface area contributed by atoms with Gasteiger partial charge in [0.05, 0.1) is 5.41 Å². The molecule has 1 amide bonds. The Morgan fingerprint density at radius 2 is 2.00 bits per heavy atom. The second-order valence-corrected chi connectivity index (χ2v) is 6.24. The summed E-state index contributed by atoms with van der Waals surface area (Å²) in [5.41, 5.74) is 6.90. The van der Waals surface area contributed by atoms with Gasteiger partial charge in [0.15, 0.2) is 0 Å². The third-order valence-corrected chi connectivity index (χ3v) is 5.04. The number of nitrogens with zero attached hydrogens (tertiary/aromatic N) is 1. The summed E-state index contributed by atoms with van der Waals surface area (Å²) in [6.45, 7) is 3.41. The van der Waals surface area contributed by atoms with E-state index in [0.717, 1.165) is 32.4 Å². The van der Waals surface area contributed by atoms with E-state index in [4.69, 9.17) is 10.5 Å². The first kappa shape index (κ1) is 14.5. The Labute approximate surface area is 126 Å². The van der Waals surface area contributed by atoms with Crippen LogP contribution in [0, 0.1) is 5.41 Å². The van der Waals surface area contributed by atoms with Crippen molar-refractivity contribution in [2.24, 2.45) is 11.1 Å². The Kier molecular flexibility index (Phi) is 4.27. The Morgan fingerprint density at radius 3 is 2.67 bits per heavy atom. The minimum atomic E-state index is -0.385. The van der Waals surface area contributed by atoms with Crippen LogP contribution in [0.25, 0.3) is 0 Å². The highest BCUT2D eigenvalue weighted by Gasteiger charge is 2.43. The molecule has 4 heteroatoms. The first-order chi connectivity index (χ1) is 10.2. The molecule has 0 spiro atoms. The number of ether oxygens (including phenoxy) is 1. The zero-order valence-electron chi connectivity index (χ0n) is 12.5. The Bertz CT molecular complexity index is 483. The maximum Gasteiger partial charge on any atom is 0.230 e. The lowest BCUT2D eigenvalue weighted by molar-refractivity contribution is -0.146. The summed E-state index contributed by atoms with van der Waals surface area (Å²) in [5, 5.41) is 0. The summed E-state index contributed by atoms with van der Waals surface area (Å²) in [4.78, 5) is 14.9. The minimum Gasteiger partial charge on any atom is -0.381 e. The molecule has 21 heavy (non-hydrogen) atoms. The molecule has 2 N–H and O–H groups in total. The summed E-state index contributed by atoms with van der Waals surface area (Å²) in [7, 11) is 0. The number of hydrogen-bond donors (Lipinski definition) is 1. The van der Waals surface area contributed by atoms with Crippen molar-refractivity contribution in [2.45, 2.75) is 25.2 Å². The SMILES string of the molecule is NCC1(C(=O)N2CCC(c3ccccc3)C2)CCOCC1. The molecule has 4 nitrogen and oxygen atoms in total. The smallest absolute Gasteiger partial charge is 0.230 e. The molecule has 2 aliphatic rings. The second kappa shape index (κ2) is 6.16. The van der Waals surface area contributed by atoms with Crippen molar-refractivity contribution in [1.82, 2.24) is 4.90 Å². The number of hydrogen-bond acceptors (Lipinski definition) is 3. The molecule has 3 rings (SSSR count). The van der Waals surface area contributed by atoms with E-state index in [9.17, 15) is 4.79 Å². The molecule has 0 aliphatic carbocycles. The molecule has 2 saturated heterocycles. The van der Waals surface area contributed by atoms with Crippen LogP contribution in [0.1, 0.15) is 30.7 Å². The third kappa shape index (κ3) is 2.83. The lowest BCUT2D eigenvalue weighted by Gasteiger charge is -2.37. The molecule has 0 saturated carbocycles. The van der Waals surface area contributed by atoms with Gasteiger partial charge in [-0.15, -0.1) is 0 Å². The third-order valence-electron chi connectivity index (χ3n) is 5.04. The molecule has 1 aromatic carbocycles. The van der Waals surface area contributed by atoms with Gasteiger partial charge >= 0.3 is 0 Å². The monoisotopic (exact) mass is 288 g/mol. The number of carbonyl (C=O) groups is 1. The quantitative estimate of drug-likeness (QED) is 0.922. The van der Waals surface area contributed by atoms with Crippen molar-refractivity contribution in [1.29, 1.82) is 0 Å². The van der Waals surface area contributed by atoms with Crippen molar-refractivity contribution in [3.63, 3.8) is 0 Å². The van der Waals surface area contributed by atoms with E-state index >= 15 is 0 Å². The second-order valence-electron chi connectivity index (χ2n) is 6.24. The zero-order chi connectivity index (χ0) is 14.7. The van der Waals surface area contributed by atoms with Gasteiger partial charge in [-0.1, -0.05) is 30.3 Å².